The highest BCUT2D eigenvalue weighted by Gasteiger charge is 2.22. The Labute approximate surface area is 125 Å². The average Bonchev–Trinajstić information content (AvgIpc) is 2.40. The van der Waals surface area contributed by atoms with E-state index in [0.29, 0.717) is 24.1 Å². The molecule has 2 atom stereocenters. The van der Waals surface area contributed by atoms with Crippen LogP contribution in [0.4, 0.5) is 5.69 Å². The van der Waals surface area contributed by atoms with Gasteiger partial charge in [0, 0.05) is 6.54 Å². The molecule has 0 saturated heterocycles. The van der Waals surface area contributed by atoms with Gasteiger partial charge in [0.05, 0.1) is 15.6 Å². The van der Waals surface area contributed by atoms with Crippen molar-refractivity contribution in [3.05, 3.63) is 23.2 Å². The van der Waals surface area contributed by atoms with Crippen LogP contribution in [-0.4, -0.2) is 15.0 Å². The number of benzene rings is 1. The van der Waals surface area contributed by atoms with Crippen LogP contribution < -0.4 is 10.5 Å². The van der Waals surface area contributed by atoms with Crippen molar-refractivity contribution in [2.75, 3.05) is 12.3 Å². The highest BCUT2D eigenvalue weighted by atomic mass is 35.5. The fourth-order valence-electron chi connectivity index (χ4n) is 2.73. The molecule has 0 spiro atoms. The lowest BCUT2D eigenvalue weighted by Crippen LogP contribution is -2.31. The predicted octanol–water partition coefficient (Wildman–Crippen LogP) is 3.03. The molecule has 1 aliphatic rings. The molecule has 1 fully saturated rings. The number of nitrogens with two attached hydrogens (primary N) is 1. The Morgan fingerprint density at radius 2 is 2.15 bits per heavy atom. The second-order valence-corrected chi connectivity index (χ2v) is 7.85. The van der Waals surface area contributed by atoms with Crippen LogP contribution in [0.3, 0.4) is 0 Å². The maximum absolute atomic E-state index is 12.2. The molecule has 1 aliphatic carbocycles. The molecule has 1 aromatic carbocycles. The van der Waals surface area contributed by atoms with Crippen molar-refractivity contribution in [2.45, 2.75) is 37.5 Å². The summed E-state index contributed by atoms with van der Waals surface area (Å²) >= 11 is 5.87. The molecule has 20 heavy (non-hydrogen) atoms. The minimum Gasteiger partial charge on any atom is -0.398 e. The normalized spacial score (nSPS) is 23.7. The van der Waals surface area contributed by atoms with Crippen molar-refractivity contribution >= 4 is 27.3 Å². The van der Waals surface area contributed by atoms with E-state index in [2.05, 4.69) is 11.6 Å². The van der Waals surface area contributed by atoms with E-state index >= 15 is 0 Å². The molecule has 0 aromatic heterocycles. The summed E-state index contributed by atoms with van der Waals surface area (Å²) in [5.74, 6) is 1.11. The topological polar surface area (TPSA) is 72.2 Å². The number of sulfonamides is 1. The molecule has 1 saturated carbocycles. The van der Waals surface area contributed by atoms with E-state index in [0.717, 1.165) is 12.8 Å². The van der Waals surface area contributed by atoms with Gasteiger partial charge in [-0.05, 0) is 42.9 Å². The zero-order valence-electron chi connectivity index (χ0n) is 11.6. The van der Waals surface area contributed by atoms with Gasteiger partial charge in [-0.15, -0.1) is 0 Å². The zero-order chi connectivity index (χ0) is 14.8. The molecular weight excluding hydrogens is 296 g/mol. The fourth-order valence-corrected chi connectivity index (χ4v) is 4.12. The van der Waals surface area contributed by atoms with Crippen molar-refractivity contribution in [1.29, 1.82) is 0 Å². The van der Waals surface area contributed by atoms with Crippen molar-refractivity contribution < 1.29 is 8.42 Å². The summed E-state index contributed by atoms with van der Waals surface area (Å²) in [7, 11) is -3.51. The molecule has 4 nitrogen and oxygen atoms in total. The molecule has 0 radical (unpaired) electrons. The van der Waals surface area contributed by atoms with Crippen LogP contribution in [0, 0.1) is 11.8 Å². The van der Waals surface area contributed by atoms with Gasteiger partial charge in [0.25, 0.3) is 0 Å². The lowest BCUT2D eigenvalue weighted by Gasteiger charge is -2.26. The second-order valence-electron chi connectivity index (χ2n) is 5.67. The third-order valence-electron chi connectivity index (χ3n) is 3.89. The Kier molecular flexibility index (Phi) is 4.94. The van der Waals surface area contributed by atoms with Crippen LogP contribution in [0.5, 0.6) is 0 Å². The van der Waals surface area contributed by atoms with Gasteiger partial charge in [-0.3, -0.25) is 0 Å². The lowest BCUT2D eigenvalue weighted by molar-refractivity contribution is 0.283. The Balaban J connectivity index is 2.01. The third-order valence-corrected chi connectivity index (χ3v) is 5.64. The van der Waals surface area contributed by atoms with Gasteiger partial charge in [0.2, 0.25) is 10.0 Å². The largest absolute Gasteiger partial charge is 0.398 e. The van der Waals surface area contributed by atoms with Crippen LogP contribution >= 0.6 is 11.6 Å². The summed E-state index contributed by atoms with van der Waals surface area (Å²) in [5.41, 5.74) is 5.97. The summed E-state index contributed by atoms with van der Waals surface area (Å²) in [6.45, 7) is 2.72. The maximum atomic E-state index is 12.2. The Hall–Kier alpha value is -0.780. The Bertz CT molecular complexity index is 575. The maximum Gasteiger partial charge on any atom is 0.240 e. The van der Waals surface area contributed by atoms with E-state index in [-0.39, 0.29) is 9.92 Å². The number of halogens is 1. The van der Waals surface area contributed by atoms with Gasteiger partial charge in [0.15, 0.2) is 0 Å². The van der Waals surface area contributed by atoms with Crippen molar-refractivity contribution in [3.63, 3.8) is 0 Å². The van der Waals surface area contributed by atoms with Crippen LogP contribution in [0.2, 0.25) is 5.02 Å². The summed E-state index contributed by atoms with van der Waals surface area (Å²) in [6, 6.07) is 4.38. The molecule has 0 heterocycles. The number of hydrogen-bond acceptors (Lipinski definition) is 3. The van der Waals surface area contributed by atoms with E-state index in [9.17, 15) is 8.42 Å². The van der Waals surface area contributed by atoms with Crippen LogP contribution in [-0.2, 0) is 10.0 Å². The summed E-state index contributed by atoms with van der Waals surface area (Å²) in [5, 5.41) is 0.263. The van der Waals surface area contributed by atoms with Gasteiger partial charge in [-0.2, -0.15) is 0 Å². The molecule has 0 bridgehead atoms. The highest BCUT2D eigenvalue weighted by molar-refractivity contribution is 7.89. The van der Waals surface area contributed by atoms with Crippen molar-refractivity contribution in [3.8, 4) is 0 Å². The zero-order valence-corrected chi connectivity index (χ0v) is 13.2. The first kappa shape index (κ1) is 15.6. The van der Waals surface area contributed by atoms with Gasteiger partial charge >= 0.3 is 0 Å². The number of anilines is 1. The summed E-state index contributed by atoms with van der Waals surface area (Å²) in [6.07, 6.45) is 4.61. The third kappa shape index (κ3) is 3.87. The minimum absolute atomic E-state index is 0.167. The SMILES string of the molecule is CC1CCCC(CNS(=O)(=O)c2ccc(N)c(Cl)c2)C1. The molecule has 0 aliphatic heterocycles. The molecule has 2 unspecified atom stereocenters. The fraction of sp³-hybridized carbons (Fsp3) is 0.571. The van der Waals surface area contributed by atoms with E-state index < -0.39 is 10.0 Å². The summed E-state index contributed by atoms with van der Waals surface area (Å²) < 4.78 is 27.1. The van der Waals surface area contributed by atoms with Gasteiger partial charge in [-0.1, -0.05) is 31.4 Å². The average molecular weight is 317 g/mol. The smallest absolute Gasteiger partial charge is 0.240 e. The first-order valence-electron chi connectivity index (χ1n) is 6.93. The molecule has 3 N–H and O–H groups in total. The number of nitrogens with one attached hydrogen (secondary N) is 1. The second kappa shape index (κ2) is 6.33. The van der Waals surface area contributed by atoms with E-state index in [4.69, 9.17) is 17.3 Å². The van der Waals surface area contributed by atoms with Crippen LogP contribution in [0.15, 0.2) is 23.1 Å². The number of nitrogen functional groups attached to an aromatic ring is 1. The van der Waals surface area contributed by atoms with E-state index in [1.165, 1.54) is 31.0 Å². The van der Waals surface area contributed by atoms with Crippen LogP contribution in [0.25, 0.3) is 0 Å². The van der Waals surface area contributed by atoms with Gasteiger partial charge in [-0.25, -0.2) is 13.1 Å². The Morgan fingerprint density at radius 3 is 2.80 bits per heavy atom. The number of hydrogen-bond donors (Lipinski definition) is 2. The molecule has 1 aromatic rings. The first-order valence-corrected chi connectivity index (χ1v) is 8.79. The predicted molar refractivity (Wildman–Crippen MR) is 82.2 cm³/mol. The van der Waals surface area contributed by atoms with Crippen LogP contribution in [0.1, 0.15) is 32.6 Å². The van der Waals surface area contributed by atoms with Gasteiger partial charge < -0.3 is 5.73 Å². The standard InChI is InChI=1S/C14H21ClN2O2S/c1-10-3-2-4-11(7-10)9-17-20(18,19)12-5-6-14(16)13(15)8-12/h5-6,8,10-11,17H,2-4,7,9,16H2,1H3. The summed E-state index contributed by atoms with van der Waals surface area (Å²) in [4.78, 5) is 0.167. The number of rotatable bonds is 4. The molecule has 6 heteroatoms. The van der Waals surface area contributed by atoms with Gasteiger partial charge in [0.1, 0.15) is 0 Å². The monoisotopic (exact) mass is 316 g/mol. The lowest BCUT2D eigenvalue weighted by atomic mass is 9.83. The minimum atomic E-state index is -3.51. The first-order chi connectivity index (χ1) is 9.38. The molecular formula is C14H21ClN2O2S. The Morgan fingerprint density at radius 1 is 1.40 bits per heavy atom. The molecule has 2 rings (SSSR count). The van der Waals surface area contributed by atoms with E-state index in [1.54, 1.807) is 0 Å². The molecule has 0 amide bonds. The van der Waals surface area contributed by atoms with Crippen molar-refractivity contribution in [1.82, 2.24) is 4.72 Å². The van der Waals surface area contributed by atoms with E-state index in [1.807, 2.05) is 0 Å². The molecule has 112 valence electrons. The van der Waals surface area contributed by atoms with Crippen molar-refractivity contribution in [2.24, 2.45) is 11.8 Å². The quantitative estimate of drug-likeness (QED) is 0.839. The highest BCUT2D eigenvalue weighted by Crippen LogP contribution is 2.28.